The zero-order valence-electron chi connectivity index (χ0n) is 18.5. The van der Waals surface area contributed by atoms with Crippen LogP contribution in [0.15, 0.2) is 53.5 Å². The van der Waals surface area contributed by atoms with E-state index in [9.17, 15) is 9.59 Å². The van der Waals surface area contributed by atoms with Crippen LogP contribution in [0, 0.1) is 5.41 Å². The highest BCUT2D eigenvalue weighted by Crippen LogP contribution is 2.26. The molecule has 1 amide bonds. The number of benzene rings is 2. The van der Waals surface area contributed by atoms with E-state index in [2.05, 4.69) is 15.7 Å². The van der Waals surface area contributed by atoms with E-state index in [-0.39, 0.29) is 35.7 Å². The maximum atomic E-state index is 13.2. The Bertz CT molecular complexity index is 1210. The van der Waals surface area contributed by atoms with Crippen molar-refractivity contribution in [3.8, 4) is 11.3 Å². The third-order valence-corrected chi connectivity index (χ3v) is 4.88. The van der Waals surface area contributed by atoms with Gasteiger partial charge < -0.3 is 32.9 Å². The minimum Gasteiger partial charge on any atom is -0.399 e. The molecular weight excluding hydrogens is 420 g/mol. The second-order valence-corrected chi connectivity index (χ2v) is 7.84. The molecule has 1 heterocycles. The maximum Gasteiger partial charge on any atom is 0.224 e. The van der Waals surface area contributed by atoms with E-state index in [0.29, 0.717) is 33.9 Å². The highest BCUT2D eigenvalue weighted by atomic mass is 16.1. The number of nitrogens with one attached hydrogen (secondary N) is 4. The minimum absolute atomic E-state index is 0.0225. The highest BCUT2D eigenvalue weighted by molar-refractivity contribution is 5.94. The third kappa shape index (κ3) is 5.89. The average molecular weight is 449 g/mol. The van der Waals surface area contributed by atoms with Gasteiger partial charge in [-0.1, -0.05) is 24.3 Å². The first kappa shape index (κ1) is 23.4. The van der Waals surface area contributed by atoms with Gasteiger partial charge in [0.05, 0.1) is 12.1 Å². The molecule has 2 aromatic carbocycles. The van der Waals surface area contributed by atoms with Crippen molar-refractivity contribution >= 4 is 28.8 Å². The van der Waals surface area contributed by atoms with E-state index < -0.39 is 0 Å². The first-order valence-electron chi connectivity index (χ1n) is 10.2. The summed E-state index contributed by atoms with van der Waals surface area (Å²) in [6.45, 7) is 0.269. The number of anilines is 3. The van der Waals surface area contributed by atoms with Crippen LogP contribution in [0.1, 0.15) is 16.7 Å². The van der Waals surface area contributed by atoms with Gasteiger partial charge in [-0.2, -0.15) is 0 Å². The van der Waals surface area contributed by atoms with Crippen LogP contribution in [0.3, 0.4) is 0 Å². The Morgan fingerprint density at radius 3 is 2.30 bits per heavy atom. The summed E-state index contributed by atoms with van der Waals surface area (Å²) in [6.07, 6.45) is 1.41. The lowest BCUT2D eigenvalue weighted by atomic mass is 10.0. The summed E-state index contributed by atoms with van der Waals surface area (Å²) >= 11 is 0. The Hall–Kier alpha value is -4.31. The van der Waals surface area contributed by atoms with Gasteiger partial charge in [0, 0.05) is 54.9 Å². The lowest BCUT2D eigenvalue weighted by Crippen LogP contribution is -2.30. The Morgan fingerprint density at radius 1 is 1.09 bits per heavy atom. The number of carbonyl (C=O) groups excluding carboxylic acids is 1. The largest absolute Gasteiger partial charge is 0.399 e. The first-order chi connectivity index (χ1) is 15.6. The number of H-pyrrole nitrogens is 1. The molecule has 172 valence electrons. The van der Waals surface area contributed by atoms with E-state index in [1.165, 1.54) is 0 Å². The number of pyridine rings is 1. The molecule has 10 heteroatoms. The zero-order valence-corrected chi connectivity index (χ0v) is 18.5. The molecule has 0 atom stereocenters. The first-order valence-corrected chi connectivity index (χ1v) is 10.2. The topological polar surface area (TPSA) is 179 Å². The molecule has 10 N–H and O–H groups in total. The summed E-state index contributed by atoms with van der Waals surface area (Å²) in [6, 6.07) is 12.0. The predicted octanol–water partition coefficient (Wildman–Crippen LogP) is 1.24. The monoisotopic (exact) mass is 448 g/mol. The molecule has 0 saturated carbocycles. The Morgan fingerprint density at radius 2 is 1.73 bits per heavy atom. The number of carbonyl (C=O) groups is 1. The molecule has 1 aromatic heterocycles. The average Bonchev–Trinajstić information content (AvgIpc) is 2.74. The van der Waals surface area contributed by atoms with E-state index in [1.54, 1.807) is 67.8 Å². The van der Waals surface area contributed by atoms with Gasteiger partial charge in [0.25, 0.3) is 0 Å². The summed E-state index contributed by atoms with van der Waals surface area (Å²) in [5.74, 6) is -0.345. The molecule has 0 aliphatic heterocycles. The second kappa shape index (κ2) is 9.88. The quantitative estimate of drug-likeness (QED) is 0.117. The van der Waals surface area contributed by atoms with Crippen LogP contribution in [0.2, 0.25) is 0 Å². The van der Waals surface area contributed by atoms with Crippen LogP contribution < -0.4 is 33.4 Å². The standard InChI is InChI=1S/C23H28N8O2/c1-31(2)30-19-12-29-21(15-7-16(24)9-17(25)8-15)18(22(19)33)10-20(32)28-11-13-3-5-14(6-4-13)23(26)27/h3-9,12,30H,10-11,24-25H2,1-2H3,(H3,26,27)(H,28,32)(H,29,33). The van der Waals surface area contributed by atoms with Crippen LogP contribution >= 0.6 is 0 Å². The van der Waals surface area contributed by atoms with Crippen molar-refractivity contribution in [3.63, 3.8) is 0 Å². The van der Waals surface area contributed by atoms with E-state index in [0.717, 1.165) is 5.56 Å². The SMILES string of the molecule is CN(C)Nc1c[nH]c(-c2cc(N)cc(N)c2)c(CC(=O)NCc2ccc(C(=N)N)cc2)c1=O. The van der Waals surface area contributed by atoms with Gasteiger partial charge in [-0.25, -0.2) is 5.01 Å². The molecule has 0 aliphatic rings. The van der Waals surface area contributed by atoms with Crippen LogP contribution in [0.4, 0.5) is 17.1 Å². The summed E-state index contributed by atoms with van der Waals surface area (Å²) in [7, 11) is 3.52. The van der Waals surface area contributed by atoms with Gasteiger partial charge in [0.15, 0.2) is 0 Å². The van der Waals surface area contributed by atoms with Crippen molar-refractivity contribution in [1.82, 2.24) is 15.3 Å². The molecule has 0 radical (unpaired) electrons. The van der Waals surface area contributed by atoms with E-state index in [1.807, 2.05) is 0 Å². The van der Waals surface area contributed by atoms with Crippen LogP contribution in [0.25, 0.3) is 11.3 Å². The number of hydrogen-bond acceptors (Lipinski definition) is 7. The smallest absolute Gasteiger partial charge is 0.224 e. The molecule has 0 aliphatic carbocycles. The number of aromatic amines is 1. The Labute approximate surface area is 191 Å². The lowest BCUT2D eigenvalue weighted by molar-refractivity contribution is -0.120. The normalized spacial score (nSPS) is 10.8. The maximum absolute atomic E-state index is 13.2. The van der Waals surface area contributed by atoms with Crippen molar-refractivity contribution in [2.75, 3.05) is 31.0 Å². The van der Waals surface area contributed by atoms with Crippen LogP contribution in [-0.4, -0.2) is 35.8 Å². The zero-order chi connectivity index (χ0) is 24.1. The number of nitrogen functional groups attached to an aromatic ring is 3. The molecule has 0 unspecified atom stereocenters. The molecular formula is C23H28N8O2. The number of hydrogen-bond donors (Lipinski definition) is 7. The van der Waals surface area contributed by atoms with Gasteiger partial charge in [0.2, 0.25) is 11.3 Å². The minimum atomic E-state index is -0.323. The van der Waals surface area contributed by atoms with E-state index in [4.69, 9.17) is 22.6 Å². The number of rotatable bonds is 8. The second-order valence-electron chi connectivity index (χ2n) is 7.84. The fourth-order valence-electron chi connectivity index (χ4n) is 3.37. The molecule has 0 spiro atoms. The fourth-order valence-corrected chi connectivity index (χ4v) is 3.37. The number of amides is 1. The van der Waals surface area contributed by atoms with Crippen molar-refractivity contribution in [2.45, 2.75) is 13.0 Å². The van der Waals surface area contributed by atoms with Gasteiger partial charge in [0.1, 0.15) is 11.5 Å². The molecule has 3 rings (SSSR count). The van der Waals surface area contributed by atoms with Gasteiger partial charge in [-0.05, 0) is 23.8 Å². The number of aromatic nitrogens is 1. The lowest BCUT2D eigenvalue weighted by Gasteiger charge is -2.16. The molecule has 0 fully saturated rings. The van der Waals surface area contributed by atoms with Crippen molar-refractivity contribution in [3.05, 3.63) is 75.6 Å². The van der Waals surface area contributed by atoms with Gasteiger partial charge >= 0.3 is 0 Å². The molecule has 10 nitrogen and oxygen atoms in total. The van der Waals surface area contributed by atoms with Gasteiger partial charge in [-0.3, -0.25) is 15.0 Å². The molecule has 33 heavy (non-hydrogen) atoms. The third-order valence-electron chi connectivity index (χ3n) is 4.88. The van der Waals surface area contributed by atoms with Crippen molar-refractivity contribution < 1.29 is 4.79 Å². The highest BCUT2D eigenvalue weighted by Gasteiger charge is 2.18. The molecule has 0 bridgehead atoms. The summed E-state index contributed by atoms with van der Waals surface area (Å²) < 4.78 is 0. The summed E-state index contributed by atoms with van der Waals surface area (Å²) in [5.41, 5.74) is 24.0. The van der Waals surface area contributed by atoms with E-state index >= 15 is 0 Å². The van der Waals surface area contributed by atoms with Crippen LogP contribution in [0.5, 0.6) is 0 Å². The van der Waals surface area contributed by atoms with Crippen molar-refractivity contribution in [2.24, 2.45) is 5.73 Å². The van der Waals surface area contributed by atoms with Crippen LogP contribution in [-0.2, 0) is 17.8 Å². The number of amidine groups is 1. The number of nitrogens with zero attached hydrogens (tertiary/aromatic N) is 1. The predicted molar refractivity (Wildman–Crippen MR) is 132 cm³/mol. The number of nitrogens with two attached hydrogens (primary N) is 3. The Kier molecular flexibility index (Phi) is 6.99. The molecule has 3 aromatic rings. The Balaban J connectivity index is 1.88. The summed E-state index contributed by atoms with van der Waals surface area (Å²) in [5, 5.41) is 11.9. The number of hydrazine groups is 1. The summed E-state index contributed by atoms with van der Waals surface area (Å²) in [4.78, 5) is 29.1. The van der Waals surface area contributed by atoms with Crippen molar-refractivity contribution in [1.29, 1.82) is 5.41 Å². The molecule has 0 saturated heterocycles. The van der Waals surface area contributed by atoms with Gasteiger partial charge in [-0.15, -0.1) is 0 Å². The fraction of sp³-hybridized carbons (Fsp3) is 0.174.